The Labute approximate surface area is 86.9 Å². The summed E-state index contributed by atoms with van der Waals surface area (Å²) in [6.45, 7) is -0.709. The molecule has 0 saturated heterocycles. The number of benzene rings is 1. The molecule has 1 aromatic rings. The van der Waals surface area contributed by atoms with Gasteiger partial charge in [0.05, 0.1) is 5.92 Å². The minimum absolute atomic E-state index is 0.192. The average Bonchev–Trinajstić information content (AvgIpc) is 2.23. The van der Waals surface area contributed by atoms with Crippen molar-refractivity contribution >= 4 is 0 Å². The van der Waals surface area contributed by atoms with Gasteiger partial charge in [-0.2, -0.15) is 0 Å². The largest absolute Gasteiger partial charge is 0.330 e. The fraction of sp³-hybridized carbons (Fsp3) is 0.333. The summed E-state index contributed by atoms with van der Waals surface area (Å²) in [7, 11) is 0. The van der Waals surface area contributed by atoms with Gasteiger partial charge < -0.3 is 5.73 Å². The molecule has 90 valence electrons. The maximum Gasteiger partial charge on any atom is 0.246 e. The van der Waals surface area contributed by atoms with Crippen molar-refractivity contribution < 1.29 is 26.3 Å². The maximum atomic E-state index is 13.1. The van der Waals surface area contributed by atoms with Crippen LogP contribution in [0.15, 0.2) is 6.07 Å². The molecule has 1 rings (SSSR count). The van der Waals surface area contributed by atoms with Gasteiger partial charge in [-0.05, 0) is 6.07 Å². The van der Waals surface area contributed by atoms with E-state index < -0.39 is 47.7 Å². The fourth-order valence-corrected chi connectivity index (χ4v) is 1.23. The number of nitrogens with two attached hydrogens (primary N) is 1. The lowest BCUT2D eigenvalue weighted by Gasteiger charge is -2.15. The topological polar surface area (TPSA) is 26.0 Å². The zero-order valence-corrected chi connectivity index (χ0v) is 7.78. The minimum atomic E-state index is -3.09. The molecule has 1 atom stereocenters. The van der Waals surface area contributed by atoms with E-state index in [1.165, 1.54) is 0 Å². The number of hydrogen-bond acceptors (Lipinski definition) is 1. The molecule has 1 unspecified atom stereocenters. The summed E-state index contributed by atoms with van der Waals surface area (Å²) in [6, 6.07) is 0.192. The van der Waals surface area contributed by atoms with Crippen LogP contribution in [0.4, 0.5) is 26.3 Å². The molecule has 7 heteroatoms. The Hall–Kier alpha value is -1.24. The second-order valence-corrected chi connectivity index (χ2v) is 3.07. The van der Waals surface area contributed by atoms with Crippen molar-refractivity contribution in [2.24, 2.45) is 5.73 Å². The predicted molar refractivity (Wildman–Crippen MR) is 44.1 cm³/mol. The average molecular weight is 243 g/mol. The van der Waals surface area contributed by atoms with Crippen LogP contribution in [0.3, 0.4) is 0 Å². The molecular formula is C9H7F6N. The third kappa shape index (κ3) is 2.13. The van der Waals surface area contributed by atoms with Gasteiger partial charge in [0.1, 0.15) is 0 Å². The van der Waals surface area contributed by atoms with E-state index in [0.717, 1.165) is 0 Å². The number of hydrogen-bond donors (Lipinski definition) is 1. The molecule has 0 aliphatic heterocycles. The van der Waals surface area contributed by atoms with Gasteiger partial charge in [-0.15, -0.1) is 0 Å². The van der Waals surface area contributed by atoms with Crippen LogP contribution >= 0.6 is 0 Å². The first-order chi connectivity index (χ1) is 7.40. The number of rotatable bonds is 3. The van der Waals surface area contributed by atoms with Gasteiger partial charge in [-0.25, -0.2) is 26.3 Å². The highest BCUT2D eigenvalue weighted by atomic mass is 19.3. The second kappa shape index (κ2) is 4.73. The Morgan fingerprint density at radius 3 is 2.00 bits per heavy atom. The molecule has 0 aliphatic carbocycles. The lowest BCUT2D eigenvalue weighted by Crippen LogP contribution is -2.22. The summed E-state index contributed by atoms with van der Waals surface area (Å²) in [4.78, 5) is 0. The first-order valence-corrected chi connectivity index (χ1v) is 4.21. The first-order valence-electron chi connectivity index (χ1n) is 4.21. The van der Waals surface area contributed by atoms with Crippen LogP contribution in [0.5, 0.6) is 0 Å². The number of halogens is 6. The summed E-state index contributed by atoms with van der Waals surface area (Å²) in [5, 5.41) is 0. The first kappa shape index (κ1) is 12.8. The van der Waals surface area contributed by atoms with Crippen LogP contribution in [0.25, 0.3) is 0 Å². The second-order valence-electron chi connectivity index (χ2n) is 3.07. The van der Waals surface area contributed by atoms with Crippen molar-refractivity contribution in [3.8, 4) is 0 Å². The highest BCUT2D eigenvalue weighted by Crippen LogP contribution is 2.28. The zero-order chi connectivity index (χ0) is 12.5. The molecular weight excluding hydrogens is 236 g/mol. The van der Waals surface area contributed by atoms with E-state index in [2.05, 4.69) is 0 Å². The van der Waals surface area contributed by atoms with Crippen LogP contribution in [-0.2, 0) is 0 Å². The molecule has 0 spiro atoms. The van der Waals surface area contributed by atoms with E-state index in [4.69, 9.17) is 5.73 Å². The molecule has 0 saturated carbocycles. The van der Waals surface area contributed by atoms with Crippen LogP contribution in [0.1, 0.15) is 11.5 Å². The summed E-state index contributed by atoms with van der Waals surface area (Å²) < 4.78 is 75.7. The predicted octanol–water partition coefficient (Wildman–Crippen LogP) is 2.55. The standard InChI is InChI=1S/C9H7F6N/c10-5-1-3(4(2-16)9(14)15)6(11)8(13)7(5)12/h1,4,9H,2,16H2. The van der Waals surface area contributed by atoms with E-state index in [0.29, 0.717) is 0 Å². The van der Waals surface area contributed by atoms with Gasteiger partial charge in [0.2, 0.25) is 6.43 Å². The normalized spacial score (nSPS) is 13.2. The van der Waals surface area contributed by atoms with E-state index in [-0.39, 0.29) is 6.07 Å². The molecule has 0 aromatic heterocycles. The SMILES string of the molecule is NCC(c1cc(F)c(F)c(F)c1F)C(F)F. The summed E-state index contributed by atoms with van der Waals surface area (Å²) in [6.07, 6.45) is -3.09. The molecule has 0 bridgehead atoms. The third-order valence-corrected chi connectivity index (χ3v) is 2.09. The van der Waals surface area contributed by atoms with Crippen LogP contribution in [0, 0.1) is 23.3 Å². The molecule has 0 radical (unpaired) electrons. The van der Waals surface area contributed by atoms with Gasteiger partial charge in [0.25, 0.3) is 0 Å². The lowest BCUT2D eigenvalue weighted by atomic mass is 9.98. The van der Waals surface area contributed by atoms with Crippen molar-refractivity contribution in [3.63, 3.8) is 0 Å². The van der Waals surface area contributed by atoms with Crippen LogP contribution < -0.4 is 5.73 Å². The summed E-state index contributed by atoms with van der Waals surface area (Å²) >= 11 is 0. The van der Waals surface area contributed by atoms with Crippen molar-refractivity contribution in [1.82, 2.24) is 0 Å². The van der Waals surface area contributed by atoms with Crippen molar-refractivity contribution in [2.45, 2.75) is 12.3 Å². The number of alkyl halides is 2. The molecule has 0 fully saturated rings. The lowest BCUT2D eigenvalue weighted by molar-refractivity contribution is 0.114. The van der Waals surface area contributed by atoms with Gasteiger partial charge in [-0.1, -0.05) is 0 Å². The highest BCUT2D eigenvalue weighted by molar-refractivity contribution is 5.26. The van der Waals surface area contributed by atoms with Gasteiger partial charge in [-0.3, -0.25) is 0 Å². The van der Waals surface area contributed by atoms with E-state index in [9.17, 15) is 26.3 Å². The Kier molecular flexibility index (Phi) is 3.79. The van der Waals surface area contributed by atoms with Crippen molar-refractivity contribution in [3.05, 3.63) is 34.9 Å². The van der Waals surface area contributed by atoms with E-state index in [1.54, 1.807) is 0 Å². The Morgan fingerprint density at radius 2 is 1.56 bits per heavy atom. The molecule has 16 heavy (non-hydrogen) atoms. The smallest absolute Gasteiger partial charge is 0.246 e. The molecule has 1 aromatic carbocycles. The van der Waals surface area contributed by atoms with Gasteiger partial charge in [0.15, 0.2) is 23.3 Å². The van der Waals surface area contributed by atoms with E-state index in [1.807, 2.05) is 0 Å². The summed E-state index contributed by atoms with van der Waals surface area (Å²) in [5.74, 6) is -9.59. The molecule has 0 amide bonds. The van der Waals surface area contributed by atoms with Crippen molar-refractivity contribution in [1.29, 1.82) is 0 Å². The highest BCUT2D eigenvalue weighted by Gasteiger charge is 2.28. The minimum Gasteiger partial charge on any atom is -0.330 e. The van der Waals surface area contributed by atoms with Crippen LogP contribution in [-0.4, -0.2) is 13.0 Å². The zero-order valence-electron chi connectivity index (χ0n) is 7.78. The molecule has 0 heterocycles. The maximum absolute atomic E-state index is 13.1. The Balaban J connectivity index is 3.34. The molecule has 0 aliphatic rings. The van der Waals surface area contributed by atoms with Gasteiger partial charge in [0, 0.05) is 12.1 Å². The monoisotopic (exact) mass is 243 g/mol. The molecule has 1 nitrogen and oxygen atoms in total. The summed E-state index contributed by atoms with van der Waals surface area (Å²) in [5.41, 5.74) is 3.96. The Bertz CT molecular complexity index is 392. The Morgan fingerprint density at radius 1 is 1.00 bits per heavy atom. The fourth-order valence-electron chi connectivity index (χ4n) is 1.23. The van der Waals surface area contributed by atoms with E-state index >= 15 is 0 Å². The third-order valence-electron chi connectivity index (χ3n) is 2.09. The quantitative estimate of drug-likeness (QED) is 0.492. The van der Waals surface area contributed by atoms with Crippen molar-refractivity contribution in [2.75, 3.05) is 6.54 Å². The van der Waals surface area contributed by atoms with Gasteiger partial charge >= 0.3 is 0 Å². The molecule has 2 N–H and O–H groups in total. The van der Waals surface area contributed by atoms with Crippen LogP contribution in [0.2, 0.25) is 0 Å².